The summed E-state index contributed by atoms with van der Waals surface area (Å²) in [5.41, 5.74) is 3.43. The number of nitrogens with zero attached hydrogens (tertiary/aromatic N) is 2. The fourth-order valence-corrected chi connectivity index (χ4v) is 2.84. The Labute approximate surface area is 138 Å². The number of imidazole rings is 1. The van der Waals surface area contributed by atoms with E-state index in [-0.39, 0.29) is 0 Å². The van der Waals surface area contributed by atoms with Crippen LogP contribution in [-0.2, 0) is 13.1 Å². The third-order valence-electron chi connectivity index (χ3n) is 3.48. The van der Waals surface area contributed by atoms with Gasteiger partial charge in [0.1, 0.15) is 5.82 Å². The zero-order valence-electron chi connectivity index (χ0n) is 12.0. The highest BCUT2D eigenvalue weighted by Gasteiger charge is 2.09. The summed E-state index contributed by atoms with van der Waals surface area (Å²) in [7, 11) is 0. The molecule has 3 nitrogen and oxygen atoms in total. The SMILES string of the molecule is CCCn1c(CNc2ccc(I)cc2)nc2ccccc21. The Hall–Kier alpha value is -1.56. The minimum atomic E-state index is 0.745. The second kappa shape index (κ2) is 6.47. The third kappa shape index (κ3) is 3.20. The zero-order chi connectivity index (χ0) is 14.7. The molecule has 1 aromatic heterocycles. The van der Waals surface area contributed by atoms with Gasteiger partial charge in [-0.15, -0.1) is 0 Å². The lowest BCUT2D eigenvalue weighted by atomic mass is 10.3. The Balaban J connectivity index is 1.85. The summed E-state index contributed by atoms with van der Waals surface area (Å²) in [4.78, 5) is 4.76. The summed E-state index contributed by atoms with van der Waals surface area (Å²) >= 11 is 2.32. The number of anilines is 1. The number of fused-ring (bicyclic) bond motifs is 1. The topological polar surface area (TPSA) is 29.9 Å². The van der Waals surface area contributed by atoms with Crippen LogP contribution < -0.4 is 5.32 Å². The molecule has 0 aliphatic carbocycles. The molecule has 3 rings (SSSR count). The molecule has 0 fully saturated rings. The molecule has 0 radical (unpaired) electrons. The highest BCUT2D eigenvalue weighted by atomic mass is 127. The molecule has 108 valence electrons. The van der Waals surface area contributed by atoms with Crippen LogP contribution in [0.4, 0.5) is 5.69 Å². The fourth-order valence-electron chi connectivity index (χ4n) is 2.48. The molecule has 0 bridgehead atoms. The fraction of sp³-hybridized carbons (Fsp3) is 0.235. The number of benzene rings is 2. The normalized spacial score (nSPS) is 11.0. The van der Waals surface area contributed by atoms with Crippen LogP contribution in [0.25, 0.3) is 11.0 Å². The van der Waals surface area contributed by atoms with Gasteiger partial charge < -0.3 is 9.88 Å². The first-order valence-corrected chi connectivity index (χ1v) is 8.29. The maximum absolute atomic E-state index is 4.76. The van der Waals surface area contributed by atoms with E-state index in [1.54, 1.807) is 0 Å². The molecule has 0 atom stereocenters. The summed E-state index contributed by atoms with van der Waals surface area (Å²) in [5, 5.41) is 3.46. The molecule has 0 aliphatic rings. The number of aromatic nitrogens is 2. The summed E-state index contributed by atoms with van der Waals surface area (Å²) in [6.07, 6.45) is 1.11. The average molecular weight is 391 g/mol. The van der Waals surface area contributed by atoms with E-state index in [9.17, 15) is 0 Å². The van der Waals surface area contributed by atoms with Crippen molar-refractivity contribution < 1.29 is 0 Å². The van der Waals surface area contributed by atoms with Crippen molar-refractivity contribution in [1.82, 2.24) is 9.55 Å². The van der Waals surface area contributed by atoms with Crippen LogP contribution in [0.2, 0.25) is 0 Å². The van der Waals surface area contributed by atoms with Gasteiger partial charge in [-0.2, -0.15) is 0 Å². The van der Waals surface area contributed by atoms with Crippen LogP contribution in [0.5, 0.6) is 0 Å². The van der Waals surface area contributed by atoms with Gasteiger partial charge in [0, 0.05) is 15.8 Å². The van der Waals surface area contributed by atoms with Gasteiger partial charge in [-0.25, -0.2) is 4.98 Å². The van der Waals surface area contributed by atoms with E-state index in [4.69, 9.17) is 4.98 Å². The molecule has 1 N–H and O–H groups in total. The van der Waals surface area contributed by atoms with Gasteiger partial charge in [-0.1, -0.05) is 19.1 Å². The first-order valence-electron chi connectivity index (χ1n) is 7.21. The minimum Gasteiger partial charge on any atom is -0.378 e. The van der Waals surface area contributed by atoms with Gasteiger partial charge in [0.2, 0.25) is 0 Å². The Bertz CT molecular complexity index is 731. The molecule has 0 saturated carbocycles. The Morgan fingerprint density at radius 1 is 1.10 bits per heavy atom. The van der Waals surface area contributed by atoms with Crippen LogP contribution in [0.3, 0.4) is 0 Å². The average Bonchev–Trinajstić information content (AvgIpc) is 2.85. The van der Waals surface area contributed by atoms with Gasteiger partial charge in [-0.05, 0) is 65.4 Å². The van der Waals surface area contributed by atoms with Gasteiger partial charge in [0.25, 0.3) is 0 Å². The molecule has 0 aliphatic heterocycles. The highest BCUT2D eigenvalue weighted by molar-refractivity contribution is 14.1. The number of rotatable bonds is 5. The quantitative estimate of drug-likeness (QED) is 0.641. The molecular weight excluding hydrogens is 373 g/mol. The van der Waals surface area contributed by atoms with E-state index in [2.05, 4.69) is 81.9 Å². The van der Waals surface area contributed by atoms with Crippen LogP contribution in [0.15, 0.2) is 48.5 Å². The van der Waals surface area contributed by atoms with Crippen molar-refractivity contribution in [1.29, 1.82) is 0 Å². The van der Waals surface area contributed by atoms with E-state index in [0.29, 0.717) is 0 Å². The minimum absolute atomic E-state index is 0.745. The van der Waals surface area contributed by atoms with Crippen LogP contribution in [0, 0.1) is 3.57 Å². The molecule has 0 amide bonds. The number of halogens is 1. The van der Waals surface area contributed by atoms with E-state index in [1.165, 1.54) is 9.09 Å². The van der Waals surface area contributed by atoms with Gasteiger partial charge in [0.05, 0.1) is 17.6 Å². The molecule has 3 aromatic rings. The first kappa shape index (κ1) is 14.4. The highest BCUT2D eigenvalue weighted by Crippen LogP contribution is 2.18. The number of aryl methyl sites for hydroxylation is 1. The number of hydrogen-bond acceptors (Lipinski definition) is 2. The predicted octanol–water partition coefficient (Wildman–Crippen LogP) is 4.66. The van der Waals surface area contributed by atoms with Crippen LogP contribution in [-0.4, -0.2) is 9.55 Å². The van der Waals surface area contributed by atoms with E-state index in [1.807, 2.05) is 6.07 Å². The lowest BCUT2D eigenvalue weighted by Crippen LogP contribution is -2.08. The molecule has 21 heavy (non-hydrogen) atoms. The number of hydrogen-bond donors (Lipinski definition) is 1. The molecule has 0 unspecified atom stereocenters. The summed E-state index contributed by atoms with van der Waals surface area (Å²) < 4.78 is 3.56. The van der Waals surface area contributed by atoms with Crippen LogP contribution in [0.1, 0.15) is 19.2 Å². The molecular formula is C17H18IN3. The zero-order valence-corrected chi connectivity index (χ0v) is 14.2. The largest absolute Gasteiger partial charge is 0.378 e. The Morgan fingerprint density at radius 2 is 1.86 bits per heavy atom. The van der Waals surface area contributed by atoms with Crippen molar-refractivity contribution >= 4 is 39.3 Å². The van der Waals surface area contributed by atoms with E-state index in [0.717, 1.165) is 36.5 Å². The van der Waals surface area contributed by atoms with E-state index < -0.39 is 0 Å². The van der Waals surface area contributed by atoms with Crippen LogP contribution >= 0.6 is 22.6 Å². The maximum Gasteiger partial charge on any atom is 0.129 e. The van der Waals surface area contributed by atoms with Gasteiger partial charge in [-0.3, -0.25) is 0 Å². The van der Waals surface area contributed by atoms with Crippen molar-refractivity contribution in [2.24, 2.45) is 0 Å². The standard InChI is InChI=1S/C17H18IN3/c1-2-11-21-16-6-4-3-5-15(16)20-17(21)12-19-14-9-7-13(18)8-10-14/h3-10,19H,2,11-12H2,1H3. The lowest BCUT2D eigenvalue weighted by molar-refractivity contribution is 0.661. The molecule has 0 saturated heterocycles. The summed E-state index contributed by atoms with van der Waals surface area (Å²) in [5.74, 6) is 1.09. The molecule has 4 heteroatoms. The first-order chi connectivity index (χ1) is 10.3. The van der Waals surface area contributed by atoms with Gasteiger partial charge in [0.15, 0.2) is 0 Å². The second-order valence-corrected chi connectivity index (χ2v) is 6.27. The second-order valence-electron chi connectivity index (χ2n) is 5.03. The smallest absolute Gasteiger partial charge is 0.129 e. The summed E-state index contributed by atoms with van der Waals surface area (Å²) in [6.45, 7) is 3.95. The Morgan fingerprint density at radius 3 is 2.62 bits per heavy atom. The molecule has 0 spiro atoms. The lowest BCUT2D eigenvalue weighted by Gasteiger charge is -2.09. The van der Waals surface area contributed by atoms with Crippen molar-refractivity contribution in [2.45, 2.75) is 26.4 Å². The monoisotopic (exact) mass is 391 g/mol. The summed E-state index contributed by atoms with van der Waals surface area (Å²) in [6, 6.07) is 16.8. The van der Waals surface area contributed by atoms with E-state index >= 15 is 0 Å². The van der Waals surface area contributed by atoms with Crippen molar-refractivity contribution in [3.05, 3.63) is 57.9 Å². The number of para-hydroxylation sites is 2. The molecule has 2 aromatic carbocycles. The predicted molar refractivity (Wildman–Crippen MR) is 96.5 cm³/mol. The molecule has 1 heterocycles. The third-order valence-corrected chi connectivity index (χ3v) is 4.19. The Kier molecular flexibility index (Phi) is 4.43. The van der Waals surface area contributed by atoms with Crippen molar-refractivity contribution in [2.75, 3.05) is 5.32 Å². The van der Waals surface area contributed by atoms with Gasteiger partial charge >= 0.3 is 0 Å². The maximum atomic E-state index is 4.76. The number of nitrogens with one attached hydrogen (secondary N) is 1. The van der Waals surface area contributed by atoms with Crippen molar-refractivity contribution in [3.63, 3.8) is 0 Å². The van der Waals surface area contributed by atoms with Crippen molar-refractivity contribution in [3.8, 4) is 0 Å².